The van der Waals surface area contributed by atoms with Gasteiger partial charge in [0.2, 0.25) is 10.0 Å². The van der Waals surface area contributed by atoms with Crippen LogP contribution < -0.4 is 15.4 Å². The van der Waals surface area contributed by atoms with E-state index in [0.29, 0.717) is 25.6 Å². The molecule has 0 aliphatic heterocycles. The Labute approximate surface area is 198 Å². The van der Waals surface area contributed by atoms with Crippen LogP contribution in [0.15, 0.2) is 65.7 Å². The molecular weight excluding hydrogens is 511 g/mol. The van der Waals surface area contributed by atoms with Crippen LogP contribution in [0.1, 0.15) is 37.3 Å². The quantitative estimate of drug-likeness (QED) is 0.176. The molecule has 0 heterocycles. The number of aliphatic imine (C=N–C) groups is 1. The van der Waals surface area contributed by atoms with Gasteiger partial charge in [-0.2, -0.15) is 0 Å². The Balaban J connectivity index is 0.00000450. The summed E-state index contributed by atoms with van der Waals surface area (Å²) in [6, 6.07) is 21.0. The summed E-state index contributed by atoms with van der Waals surface area (Å²) in [7, 11) is -3.17. The molecule has 0 atom stereocenters. The normalized spacial score (nSPS) is 11.8. The van der Waals surface area contributed by atoms with Gasteiger partial charge in [0.1, 0.15) is 0 Å². The van der Waals surface area contributed by atoms with Gasteiger partial charge in [-0.3, -0.25) is 4.99 Å². The van der Waals surface area contributed by atoms with Crippen LogP contribution in [0.25, 0.3) is 0 Å². The first kappa shape index (κ1) is 26.4. The minimum Gasteiger partial charge on any atom is -0.357 e. The molecule has 0 fully saturated rings. The molecule has 166 valence electrons. The third-order valence-electron chi connectivity index (χ3n) is 4.56. The lowest BCUT2D eigenvalue weighted by atomic mass is 9.89. The van der Waals surface area contributed by atoms with Crippen molar-refractivity contribution in [2.24, 2.45) is 4.99 Å². The van der Waals surface area contributed by atoms with Gasteiger partial charge in [0.15, 0.2) is 5.96 Å². The Kier molecular flexibility index (Phi) is 12.6. The van der Waals surface area contributed by atoms with Crippen molar-refractivity contribution in [3.63, 3.8) is 0 Å². The summed E-state index contributed by atoms with van der Waals surface area (Å²) in [6.45, 7) is 5.84. The molecule has 8 heteroatoms. The van der Waals surface area contributed by atoms with Crippen molar-refractivity contribution in [3.05, 3.63) is 71.8 Å². The molecule has 3 N–H and O–H groups in total. The maximum absolute atomic E-state index is 11.5. The minimum atomic E-state index is -3.17. The van der Waals surface area contributed by atoms with Gasteiger partial charge >= 0.3 is 0 Å². The van der Waals surface area contributed by atoms with Crippen LogP contribution in [-0.2, 0) is 10.0 Å². The number of sulfonamides is 1. The predicted molar refractivity (Wildman–Crippen MR) is 136 cm³/mol. The molecule has 2 rings (SSSR count). The van der Waals surface area contributed by atoms with Crippen molar-refractivity contribution < 1.29 is 8.42 Å². The first-order chi connectivity index (χ1) is 14.1. The Bertz CT molecular complexity index is 806. The second-order valence-electron chi connectivity index (χ2n) is 6.65. The van der Waals surface area contributed by atoms with E-state index in [0.717, 1.165) is 13.0 Å². The third kappa shape index (κ3) is 9.44. The molecule has 30 heavy (non-hydrogen) atoms. The van der Waals surface area contributed by atoms with E-state index in [2.05, 4.69) is 68.9 Å². The average Bonchev–Trinajstić information content (AvgIpc) is 2.75. The summed E-state index contributed by atoms with van der Waals surface area (Å²) in [4.78, 5) is 4.68. The number of guanidine groups is 1. The van der Waals surface area contributed by atoms with Crippen LogP contribution in [0.3, 0.4) is 0 Å². The van der Waals surface area contributed by atoms with Gasteiger partial charge in [0.05, 0.1) is 5.75 Å². The number of benzene rings is 2. The molecular formula is C22H33IN4O2S. The highest BCUT2D eigenvalue weighted by atomic mass is 127. The van der Waals surface area contributed by atoms with E-state index >= 15 is 0 Å². The Hall–Kier alpha value is -1.65. The lowest BCUT2D eigenvalue weighted by molar-refractivity contribution is 0.581. The average molecular weight is 545 g/mol. The molecule has 0 unspecified atom stereocenters. The van der Waals surface area contributed by atoms with Crippen molar-refractivity contribution in [1.29, 1.82) is 0 Å². The first-order valence-corrected chi connectivity index (χ1v) is 11.8. The number of hydrogen-bond acceptors (Lipinski definition) is 3. The van der Waals surface area contributed by atoms with Gasteiger partial charge < -0.3 is 10.6 Å². The maximum Gasteiger partial charge on any atom is 0.211 e. The molecule has 2 aromatic carbocycles. The van der Waals surface area contributed by atoms with Crippen molar-refractivity contribution in [1.82, 2.24) is 15.4 Å². The van der Waals surface area contributed by atoms with E-state index in [1.54, 1.807) is 6.92 Å². The Morgan fingerprint density at radius 3 is 1.97 bits per heavy atom. The lowest BCUT2D eigenvalue weighted by Gasteiger charge is -2.18. The highest BCUT2D eigenvalue weighted by molar-refractivity contribution is 14.0. The number of nitrogens with zero attached hydrogens (tertiary/aromatic N) is 1. The first-order valence-electron chi connectivity index (χ1n) is 10.1. The summed E-state index contributed by atoms with van der Waals surface area (Å²) < 4.78 is 25.6. The molecule has 0 bridgehead atoms. The van der Waals surface area contributed by atoms with E-state index in [4.69, 9.17) is 0 Å². The zero-order chi connectivity index (χ0) is 21.0. The Morgan fingerprint density at radius 2 is 1.47 bits per heavy atom. The highest BCUT2D eigenvalue weighted by Gasteiger charge is 2.13. The molecule has 0 saturated heterocycles. The van der Waals surface area contributed by atoms with Gasteiger partial charge in [-0.15, -0.1) is 24.0 Å². The number of halogens is 1. The largest absolute Gasteiger partial charge is 0.357 e. The van der Waals surface area contributed by atoms with Crippen molar-refractivity contribution >= 4 is 40.0 Å². The fourth-order valence-corrected chi connectivity index (χ4v) is 3.65. The van der Waals surface area contributed by atoms with Crippen molar-refractivity contribution in [2.75, 3.05) is 31.9 Å². The minimum absolute atomic E-state index is 0. The smallest absolute Gasteiger partial charge is 0.211 e. The topological polar surface area (TPSA) is 82.6 Å². The van der Waals surface area contributed by atoms with E-state index in [1.807, 2.05) is 19.1 Å². The SMILES string of the molecule is CCNC(=NCCC(c1ccccc1)c1ccccc1)NCCNS(=O)(=O)CC.I. The predicted octanol–water partition coefficient (Wildman–Crippen LogP) is 3.32. The molecule has 0 saturated carbocycles. The summed E-state index contributed by atoms with van der Waals surface area (Å²) in [5.41, 5.74) is 2.56. The molecule has 2 aromatic rings. The summed E-state index contributed by atoms with van der Waals surface area (Å²) in [6.07, 6.45) is 0.882. The van der Waals surface area contributed by atoms with Crippen LogP contribution in [-0.4, -0.2) is 46.3 Å². The second-order valence-corrected chi connectivity index (χ2v) is 8.74. The van der Waals surface area contributed by atoms with Crippen LogP contribution in [0.2, 0.25) is 0 Å². The zero-order valence-electron chi connectivity index (χ0n) is 17.7. The van der Waals surface area contributed by atoms with E-state index in [-0.39, 0.29) is 35.6 Å². The summed E-state index contributed by atoms with van der Waals surface area (Å²) in [5, 5.41) is 6.39. The number of rotatable bonds is 11. The molecule has 0 aliphatic rings. The molecule has 6 nitrogen and oxygen atoms in total. The lowest BCUT2D eigenvalue weighted by Crippen LogP contribution is -2.41. The Morgan fingerprint density at radius 1 is 0.900 bits per heavy atom. The van der Waals surface area contributed by atoms with E-state index in [9.17, 15) is 8.42 Å². The molecule has 0 aromatic heterocycles. The monoisotopic (exact) mass is 544 g/mol. The summed E-state index contributed by atoms with van der Waals surface area (Å²) >= 11 is 0. The summed E-state index contributed by atoms with van der Waals surface area (Å²) in [5.74, 6) is 1.06. The van der Waals surface area contributed by atoms with Crippen LogP contribution >= 0.6 is 24.0 Å². The molecule has 0 aliphatic carbocycles. The van der Waals surface area contributed by atoms with Crippen LogP contribution in [0, 0.1) is 0 Å². The number of hydrogen-bond donors (Lipinski definition) is 3. The maximum atomic E-state index is 11.5. The standard InChI is InChI=1S/C22H32N4O2S.HI/c1-3-23-22(25-17-18-26-29(27,28)4-2)24-16-15-21(19-11-7-5-8-12-19)20-13-9-6-10-14-20;/h5-14,21,26H,3-4,15-18H2,1-2H3,(H2,23,24,25);1H. The van der Waals surface area contributed by atoms with Crippen LogP contribution in [0.5, 0.6) is 0 Å². The van der Waals surface area contributed by atoms with Crippen LogP contribution in [0.4, 0.5) is 0 Å². The van der Waals surface area contributed by atoms with E-state index in [1.165, 1.54) is 11.1 Å². The van der Waals surface area contributed by atoms with Gasteiger partial charge in [0, 0.05) is 32.1 Å². The van der Waals surface area contributed by atoms with Gasteiger partial charge in [-0.25, -0.2) is 13.1 Å². The molecule has 0 radical (unpaired) electrons. The van der Waals surface area contributed by atoms with Gasteiger partial charge in [-0.05, 0) is 31.4 Å². The molecule has 0 amide bonds. The van der Waals surface area contributed by atoms with Crippen molar-refractivity contribution in [2.45, 2.75) is 26.2 Å². The third-order valence-corrected chi connectivity index (χ3v) is 5.96. The second kappa shape index (κ2) is 14.4. The zero-order valence-corrected chi connectivity index (χ0v) is 20.8. The molecule has 0 spiro atoms. The van der Waals surface area contributed by atoms with Crippen molar-refractivity contribution in [3.8, 4) is 0 Å². The van der Waals surface area contributed by atoms with E-state index < -0.39 is 10.0 Å². The fraction of sp³-hybridized carbons (Fsp3) is 0.409. The highest BCUT2D eigenvalue weighted by Crippen LogP contribution is 2.27. The fourth-order valence-electron chi connectivity index (χ4n) is 3.03. The van der Waals surface area contributed by atoms with Gasteiger partial charge in [0.25, 0.3) is 0 Å². The number of nitrogens with one attached hydrogen (secondary N) is 3. The van der Waals surface area contributed by atoms with Gasteiger partial charge in [-0.1, -0.05) is 60.7 Å².